The van der Waals surface area contributed by atoms with Crippen LogP contribution in [0.4, 0.5) is 17.3 Å². The number of piperazine rings is 1. The van der Waals surface area contributed by atoms with Crippen LogP contribution in [-0.4, -0.2) is 47.4 Å². The summed E-state index contributed by atoms with van der Waals surface area (Å²) in [6.07, 6.45) is 0. The van der Waals surface area contributed by atoms with E-state index in [0.29, 0.717) is 11.6 Å². The van der Waals surface area contributed by atoms with Crippen molar-refractivity contribution in [1.29, 1.82) is 0 Å². The minimum atomic E-state index is -0.364. The molecule has 8 nitrogen and oxygen atoms in total. The molecule has 0 saturated carbocycles. The van der Waals surface area contributed by atoms with E-state index in [1.54, 1.807) is 19.1 Å². The SMILES string of the molecule is Cc1cc(NC(=O)c2ccc(N3CCN(c4cccc(C)c4C)CC3)nn2)no1. The van der Waals surface area contributed by atoms with Crippen LogP contribution in [0.2, 0.25) is 0 Å². The number of aryl methyl sites for hydroxylation is 2. The maximum Gasteiger partial charge on any atom is 0.277 e. The van der Waals surface area contributed by atoms with E-state index in [-0.39, 0.29) is 11.6 Å². The molecule has 1 saturated heterocycles. The Morgan fingerprint density at radius 2 is 1.76 bits per heavy atom. The summed E-state index contributed by atoms with van der Waals surface area (Å²) in [4.78, 5) is 16.9. The first-order valence-electron chi connectivity index (χ1n) is 9.66. The first kappa shape index (κ1) is 18.9. The predicted molar refractivity (Wildman–Crippen MR) is 112 cm³/mol. The lowest BCUT2D eigenvalue weighted by Gasteiger charge is -2.37. The number of benzene rings is 1. The third-order valence-electron chi connectivity index (χ3n) is 5.27. The minimum absolute atomic E-state index is 0.239. The molecule has 4 rings (SSSR count). The normalized spacial score (nSPS) is 14.2. The molecule has 1 fully saturated rings. The Morgan fingerprint density at radius 3 is 2.41 bits per heavy atom. The number of rotatable bonds is 4. The van der Waals surface area contributed by atoms with Crippen LogP contribution >= 0.6 is 0 Å². The number of carbonyl (C=O) groups is 1. The highest BCUT2D eigenvalue weighted by molar-refractivity contribution is 6.02. The Morgan fingerprint density at radius 1 is 1.00 bits per heavy atom. The second-order valence-electron chi connectivity index (χ2n) is 7.25. The van der Waals surface area contributed by atoms with Gasteiger partial charge < -0.3 is 19.6 Å². The molecule has 1 aliphatic rings. The molecule has 1 aromatic carbocycles. The minimum Gasteiger partial charge on any atom is -0.368 e. The molecule has 29 heavy (non-hydrogen) atoms. The topological polar surface area (TPSA) is 87.4 Å². The van der Waals surface area contributed by atoms with E-state index in [0.717, 1.165) is 32.0 Å². The van der Waals surface area contributed by atoms with E-state index in [1.165, 1.54) is 16.8 Å². The van der Waals surface area contributed by atoms with Crippen molar-refractivity contribution in [1.82, 2.24) is 15.4 Å². The molecule has 1 N–H and O–H groups in total. The lowest BCUT2D eigenvalue weighted by Crippen LogP contribution is -2.47. The van der Waals surface area contributed by atoms with Crippen molar-refractivity contribution in [3.8, 4) is 0 Å². The van der Waals surface area contributed by atoms with Crippen LogP contribution in [0, 0.1) is 20.8 Å². The fourth-order valence-electron chi connectivity index (χ4n) is 3.48. The number of amides is 1. The average Bonchev–Trinajstić information content (AvgIpc) is 3.15. The third-order valence-corrected chi connectivity index (χ3v) is 5.27. The third kappa shape index (κ3) is 4.06. The number of carbonyl (C=O) groups excluding carboxylic acids is 1. The Bertz CT molecular complexity index is 1010. The summed E-state index contributed by atoms with van der Waals surface area (Å²) in [5.74, 6) is 1.40. The lowest BCUT2D eigenvalue weighted by atomic mass is 10.1. The molecule has 0 aliphatic carbocycles. The van der Waals surface area contributed by atoms with Gasteiger partial charge in [-0.25, -0.2) is 0 Å². The molecule has 1 amide bonds. The van der Waals surface area contributed by atoms with Crippen LogP contribution in [0.3, 0.4) is 0 Å². The van der Waals surface area contributed by atoms with Gasteiger partial charge in [-0.1, -0.05) is 17.3 Å². The van der Waals surface area contributed by atoms with E-state index in [4.69, 9.17) is 4.52 Å². The summed E-state index contributed by atoms with van der Waals surface area (Å²) in [5.41, 5.74) is 4.18. The Labute approximate surface area is 169 Å². The van der Waals surface area contributed by atoms with Crippen LogP contribution in [0.25, 0.3) is 0 Å². The smallest absolute Gasteiger partial charge is 0.277 e. The lowest BCUT2D eigenvalue weighted by molar-refractivity contribution is 0.102. The van der Waals surface area contributed by atoms with Gasteiger partial charge in [-0.05, 0) is 50.1 Å². The van der Waals surface area contributed by atoms with E-state index in [1.807, 2.05) is 6.07 Å². The molecule has 0 radical (unpaired) electrons. The summed E-state index contributed by atoms with van der Waals surface area (Å²) in [6.45, 7) is 9.62. The Hall–Kier alpha value is -3.42. The monoisotopic (exact) mass is 392 g/mol. The summed E-state index contributed by atoms with van der Waals surface area (Å²) >= 11 is 0. The number of hydrogen-bond acceptors (Lipinski definition) is 7. The number of aromatic nitrogens is 3. The van der Waals surface area contributed by atoms with E-state index >= 15 is 0 Å². The second kappa shape index (κ2) is 7.90. The van der Waals surface area contributed by atoms with Gasteiger partial charge in [0.1, 0.15) is 5.76 Å². The zero-order valence-electron chi connectivity index (χ0n) is 16.8. The Balaban J connectivity index is 1.37. The van der Waals surface area contributed by atoms with Gasteiger partial charge in [0, 0.05) is 37.9 Å². The van der Waals surface area contributed by atoms with Crippen LogP contribution in [0.5, 0.6) is 0 Å². The highest BCUT2D eigenvalue weighted by Gasteiger charge is 2.20. The van der Waals surface area contributed by atoms with Gasteiger partial charge in [-0.15, -0.1) is 10.2 Å². The maximum absolute atomic E-state index is 12.3. The first-order chi connectivity index (χ1) is 14.0. The number of anilines is 3. The van der Waals surface area contributed by atoms with Gasteiger partial charge in [-0.2, -0.15) is 0 Å². The van der Waals surface area contributed by atoms with E-state index in [9.17, 15) is 4.79 Å². The number of nitrogens with one attached hydrogen (secondary N) is 1. The molecular formula is C21H24N6O2. The van der Waals surface area contributed by atoms with Crippen molar-refractivity contribution < 1.29 is 9.32 Å². The maximum atomic E-state index is 12.3. The fourth-order valence-corrected chi connectivity index (χ4v) is 3.48. The van der Waals surface area contributed by atoms with Crippen molar-refractivity contribution >= 4 is 23.2 Å². The Kier molecular flexibility index (Phi) is 5.16. The molecular weight excluding hydrogens is 368 g/mol. The highest BCUT2D eigenvalue weighted by atomic mass is 16.5. The summed E-state index contributed by atoms with van der Waals surface area (Å²) < 4.78 is 4.94. The molecule has 0 atom stereocenters. The molecule has 0 unspecified atom stereocenters. The summed E-state index contributed by atoms with van der Waals surface area (Å²) in [7, 11) is 0. The molecule has 3 aromatic rings. The van der Waals surface area contributed by atoms with Crippen molar-refractivity contribution in [2.75, 3.05) is 41.3 Å². The zero-order valence-corrected chi connectivity index (χ0v) is 16.8. The van der Waals surface area contributed by atoms with Crippen LogP contribution < -0.4 is 15.1 Å². The average molecular weight is 392 g/mol. The molecule has 0 bridgehead atoms. The highest BCUT2D eigenvalue weighted by Crippen LogP contribution is 2.24. The van der Waals surface area contributed by atoms with Gasteiger partial charge in [0.05, 0.1) is 0 Å². The summed E-state index contributed by atoms with van der Waals surface area (Å²) in [6, 6.07) is 11.6. The molecule has 0 spiro atoms. The van der Waals surface area contributed by atoms with Gasteiger partial charge in [-0.3, -0.25) is 4.79 Å². The standard InChI is InChI=1S/C21H24N6O2/c1-14-5-4-6-18(16(14)3)26-9-11-27(12-10-26)20-8-7-17(23-24-20)21(28)22-19-13-15(2)29-25-19/h4-8,13H,9-12H2,1-3H3,(H,22,25,28). The molecule has 2 aromatic heterocycles. The quantitative estimate of drug-likeness (QED) is 0.730. The largest absolute Gasteiger partial charge is 0.368 e. The van der Waals surface area contributed by atoms with Gasteiger partial charge >= 0.3 is 0 Å². The first-order valence-corrected chi connectivity index (χ1v) is 9.66. The van der Waals surface area contributed by atoms with Crippen molar-refractivity contribution in [2.24, 2.45) is 0 Å². The zero-order chi connectivity index (χ0) is 20.4. The molecule has 150 valence electrons. The molecule has 1 aliphatic heterocycles. The second-order valence-corrected chi connectivity index (χ2v) is 7.25. The van der Waals surface area contributed by atoms with Gasteiger partial charge in [0.25, 0.3) is 5.91 Å². The van der Waals surface area contributed by atoms with Crippen LogP contribution in [0.1, 0.15) is 27.4 Å². The van der Waals surface area contributed by atoms with Crippen molar-refractivity contribution in [3.63, 3.8) is 0 Å². The van der Waals surface area contributed by atoms with Gasteiger partial charge in [0.15, 0.2) is 17.3 Å². The van der Waals surface area contributed by atoms with Crippen molar-refractivity contribution in [2.45, 2.75) is 20.8 Å². The molecule has 3 heterocycles. The van der Waals surface area contributed by atoms with Crippen molar-refractivity contribution in [3.05, 3.63) is 59.0 Å². The summed E-state index contributed by atoms with van der Waals surface area (Å²) in [5, 5.41) is 14.7. The van der Waals surface area contributed by atoms with E-state index < -0.39 is 0 Å². The van der Waals surface area contributed by atoms with E-state index in [2.05, 4.69) is 62.5 Å². The number of nitrogens with zero attached hydrogens (tertiary/aromatic N) is 5. The van der Waals surface area contributed by atoms with Crippen LogP contribution in [-0.2, 0) is 0 Å². The number of hydrogen-bond donors (Lipinski definition) is 1. The molecule has 8 heteroatoms. The fraction of sp³-hybridized carbons (Fsp3) is 0.333. The predicted octanol–water partition coefficient (Wildman–Crippen LogP) is 2.97. The van der Waals surface area contributed by atoms with Gasteiger partial charge in [0.2, 0.25) is 0 Å². The van der Waals surface area contributed by atoms with Crippen LogP contribution in [0.15, 0.2) is 40.9 Å².